The molecule has 1 aromatic heterocycles. The van der Waals surface area contributed by atoms with Crippen molar-refractivity contribution in [2.24, 2.45) is 0 Å². The fraction of sp³-hybridized carbons (Fsp3) is 0.0833. The summed E-state index contributed by atoms with van der Waals surface area (Å²) < 4.78 is 14.6. The molecule has 17 heavy (non-hydrogen) atoms. The zero-order valence-corrected chi connectivity index (χ0v) is 9.49. The van der Waals surface area contributed by atoms with E-state index in [4.69, 9.17) is 16.7 Å². The van der Waals surface area contributed by atoms with Crippen LogP contribution in [-0.2, 0) is 6.54 Å². The summed E-state index contributed by atoms with van der Waals surface area (Å²) in [6, 6.07) is 7.12. The summed E-state index contributed by atoms with van der Waals surface area (Å²) in [5.41, 5.74) is 0.690. The van der Waals surface area contributed by atoms with E-state index in [0.717, 1.165) is 0 Å². The molecule has 1 heterocycles. The number of rotatable bonds is 3. The fourth-order valence-electron chi connectivity index (χ4n) is 1.59. The van der Waals surface area contributed by atoms with Crippen LogP contribution < -0.4 is 0 Å². The van der Waals surface area contributed by atoms with E-state index in [-0.39, 0.29) is 12.2 Å². The number of benzene rings is 1. The van der Waals surface area contributed by atoms with Gasteiger partial charge in [-0.05, 0) is 35.9 Å². The lowest BCUT2D eigenvalue weighted by molar-refractivity contribution is 0.0685. The number of hydrogen-bond donors (Lipinski definition) is 1. The molecule has 1 N–H and O–H groups in total. The van der Waals surface area contributed by atoms with Crippen LogP contribution in [0.15, 0.2) is 36.5 Å². The van der Waals surface area contributed by atoms with Crippen molar-refractivity contribution in [2.75, 3.05) is 0 Å². The highest BCUT2D eigenvalue weighted by atomic mass is 35.5. The van der Waals surface area contributed by atoms with Gasteiger partial charge in [-0.1, -0.05) is 11.6 Å². The SMILES string of the molecule is O=C(O)c1cccn1Cc1cc(F)ccc1Cl. The Bertz CT molecular complexity index is 565. The predicted octanol–water partition coefficient (Wildman–Crippen LogP) is 3.03. The first kappa shape index (κ1) is 11.7. The maximum atomic E-state index is 13.1. The Morgan fingerprint density at radius 3 is 2.88 bits per heavy atom. The summed E-state index contributed by atoms with van der Waals surface area (Å²) in [6.45, 7) is 0.227. The molecule has 0 saturated heterocycles. The van der Waals surface area contributed by atoms with Crippen molar-refractivity contribution in [2.45, 2.75) is 6.54 Å². The summed E-state index contributed by atoms with van der Waals surface area (Å²) in [7, 11) is 0. The standard InChI is InChI=1S/C12H9ClFNO2/c13-10-4-3-9(14)6-8(10)7-15-5-1-2-11(15)12(16)17/h1-6H,7H2,(H,16,17). The Labute approximate surface area is 102 Å². The van der Waals surface area contributed by atoms with Crippen LogP contribution in [0.2, 0.25) is 5.02 Å². The average Bonchev–Trinajstić information content (AvgIpc) is 2.71. The maximum absolute atomic E-state index is 13.1. The number of carbonyl (C=O) groups is 1. The van der Waals surface area contributed by atoms with Crippen molar-refractivity contribution in [3.63, 3.8) is 0 Å². The van der Waals surface area contributed by atoms with E-state index in [1.807, 2.05) is 0 Å². The molecule has 1 aromatic carbocycles. The number of halogens is 2. The Hall–Kier alpha value is -1.81. The number of carboxylic acid groups (broad SMARTS) is 1. The second kappa shape index (κ2) is 4.59. The highest BCUT2D eigenvalue weighted by molar-refractivity contribution is 6.31. The van der Waals surface area contributed by atoms with Crippen molar-refractivity contribution >= 4 is 17.6 Å². The number of aromatic carboxylic acids is 1. The molecule has 0 atom stereocenters. The molecular formula is C12H9ClFNO2. The summed E-state index contributed by atoms with van der Waals surface area (Å²) in [5, 5.41) is 9.34. The van der Waals surface area contributed by atoms with Crippen LogP contribution in [0.1, 0.15) is 16.1 Å². The third kappa shape index (κ3) is 2.47. The van der Waals surface area contributed by atoms with Crippen LogP contribution in [0, 0.1) is 5.82 Å². The fourth-order valence-corrected chi connectivity index (χ4v) is 1.77. The van der Waals surface area contributed by atoms with Gasteiger partial charge in [-0.2, -0.15) is 0 Å². The van der Waals surface area contributed by atoms with E-state index in [1.165, 1.54) is 28.8 Å². The van der Waals surface area contributed by atoms with Gasteiger partial charge in [0.15, 0.2) is 0 Å². The Kier molecular flexibility index (Phi) is 3.15. The quantitative estimate of drug-likeness (QED) is 0.914. The minimum absolute atomic E-state index is 0.144. The average molecular weight is 254 g/mol. The van der Waals surface area contributed by atoms with E-state index in [2.05, 4.69) is 0 Å². The second-order valence-electron chi connectivity index (χ2n) is 3.56. The Morgan fingerprint density at radius 2 is 2.18 bits per heavy atom. The van der Waals surface area contributed by atoms with Crippen LogP contribution in [0.3, 0.4) is 0 Å². The summed E-state index contributed by atoms with van der Waals surface area (Å²) in [5.74, 6) is -1.42. The Balaban J connectivity index is 2.34. The van der Waals surface area contributed by atoms with Gasteiger partial charge in [-0.15, -0.1) is 0 Å². The number of nitrogens with zero attached hydrogens (tertiary/aromatic N) is 1. The molecular weight excluding hydrogens is 245 g/mol. The van der Waals surface area contributed by atoms with Gasteiger partial charge in [0.25, 0.3) is 0 Å². The van der Waals surface area contributed by atoms with Gasteiger partial charge in [0.1, 0.15) is 11.5 Å². The third-order valence-electron chi connectivity index (χ3n) is 2.40. The lowest BCUT2D eigenvalue weighted by Gasteiger charge is -2.08. The highest BCUT2D eigenvalue weighted by Crippen LogP contribution is 2.19. The van der Waals surface area contributed by atoms with Gasteiger partial charge in [-0.25, -0.2) is 9.18 Å². The molecule has 2 rings (SSSR count). The first-order valence-corrected chi connectivity index (χ1v) is 5.28. The van der Waals surface area contributed by atoms with Crippen LogP contribution >= 0.6 is 11.6 Å². The van der Waals surface area contributed by atoms with E-state index in [0.29, 0.717) is 10.6 Å². The van der Waals surface area contributed by atoms with Crippen LogP contribution in [0.5, 0.6) is 0 Å². The lowest BCUT2D eigenvalue weighted by atomic mass is 10.2. The van der Waals surface area contributed by atoms with Crippen LogP contribution in [-0.4, -0.2) is 15.6 Å². The van der Waals surface area contributed by atoms with Gasteiger partial charge in [0.05, 0.1) is 0 Å². The van der Waals surface area contributed by atoms with Gasteiger partial charge in [0.2, 0.25) is 0 Å². The second-order valence-corrected chi connectivity index (χ2v) is 3.97. The first-order chi connectivity index (χ1) is 8.08. The molecule has 0 unspecified atom stereocenters. The van der Waals surface area contributed by atoms with E-state index in [1.54, 1.807) is 12.3 Å². The topological polar surface area (TPSA) is 42.2 Å². The van der Waals surface area contributed by atoms with Crippen molar-refractivity contribution < 1.29 is 14.3 Å². The Morgan fingerprint density at radius 1 is 1.41 bits per heavy atom. The van der Waals surface area contributed by atoms with E-state index >= 15 is 0 Å². The van der Waals surface area contributed by atoms with Gasteiger partial charge in [-0.3, -0.25) is 0 Å². The molecule has 88 valence electrons. The lowest BCUT2D eigenvalue weighted by Crippen LogP contribution is -2.08. The number of carboxylic acids is 1. The minimum atomic E-state index is -1.03. The highest BCUT2D eigenvalue weighted by Gasteiger charge is 2.10. The van der Waals surface area contributed by atoms with Crippen LogP contribution in [0.25, 0.3) is 0 Å². The van der Waals surface area contributed by atoms with Crippen molar-refractivity contribution in [3.8, 4) is 0 Å². The predicted molar refractivity (Wildman–Crippen MR) is 61.9 cm³/mol. The molecule has 0 aliphatic carbocycles. The molecule has 5 heteroatoms. The molecule has 2 aromatic rings. The van der Waals surface area contributed by atoms with Crippen molar-refractivity contribution in [1.29, 1.82) is 0 Å². The maximum Gasteiger partial charge on any atom is 0.352 e. The molecule has 0 spiro atoms. The number of aromatic nitrogens is 1. The molecule has 0 bridgehead atoms. The molecule has 0 radical (unpaired) electrons. The minimum Gasteiger partial charge on any atom is -0.477 e. The van der Waals surface area contributed by atoms with Crippen molar-refractivity contribution in [1.82, 2.24) is 4.57 Å². The third-order valence-corrected chi connectivity index (χ3v) is 2.77. The van der Waals surface area contributed by atoms with E-state index in [9.17, 15) is 9.18 Å². The summed E-state index contributed by atoms with van der Waals surface area (Å²) >= 11 is 5.92. The molecule has 0 saturated carbocycles. The molecule has 0 amide bonds. The zero-order chi connectivity index (χ0) is 12.4. The van der Waals surface area contributed by atoms with E-state index < -0.39 is 11.8 Å². The molecule has 3 nitrogen and oxygen atoms in total. The number of hydrogen-bond acceptors (Lipinski definition) is 1. The summed E-state index contributed by atoms with van der Waals surface area (Å²) in [6.07, 6.45) is 1.62. The summed E-state index contributed by atoms with van der Waals surface area (Å²) in [4.78, 5) is 10.9. The zero-order valence-electron chi connectivity index (χ0n) is 8.73. The van der Waals surface area contributed by atoms with Crippen LogP contribution in [0.4, 0.5) is 4.39 Å². The monoisotopic (exact) mass is 253 g/mol. The molecule has 0 aliphatic rings. The van der Waals surface area contributed by atoms with Crippen molar-refractivity contribution in [3.05, 3.63) is 58.6 Å². The largest absolute Gasteiger partial charge is 0.477 e. The molecule has 0 fully saturated rings. The normalized spacial score (nSPS) is 10.5. The van der Waals surface area contributed by atoms with Gasteiger partial charge < -0.3 is 9.67 Å². The van der Waals surface area contributed by atoms with Gasteiger partial charge >= 0.3 is 5.97 Å². The van der Waals surface area contributed by atoms with Gasteiger partial charge in [0, 0.05) is 17.8 Å². The molecule has 0 aliphatic heterocycles. The smallest absolute Gasteiger partial charge is 0.352 e. The first-order valence-electron chi connectivity index (χ1n) is 4.90.